The second-order valence-corrected chi connectivity index (χ2v) is 1.80. The molecule has 0 aliphatic heterocycles. The molecule has 1 radical (unpaired) electrons. The largest absolute Gasteiger partial charge is 0.668 e. The molecule has 0 aliphatic rings. The molecule has 0 aromatic carbocycles. The minimum absolute atomic E-state index is 0. The topological polar surface area (TPSA) is 80.9 Å². The Morgan fingerprint density at radius 3 is 0.833 bits per heavy atom. The minimum Gasteiger partial charge on any atom is -0.368 e. The van der Waals surface area contributed by atoms with Crippen molar-refractivity contribution in [3.63, 3.8) is 0 Å². The fraction of sp³-hybridized carbons (Fsp3) is 0. The van der Waals surface area contributed by atoms with Gasteiger partial charge in [0.25, 0.3) is 0 Å². The van der Waals surface area contributed by atoms with Crippen LogP contribution in [0.5, 0.6) is 0 Å². The van der Waals surface area contributed by atoms with Crippen molar-refractivity contribution in [2.45, 2.75) is 0 Å². The fourth-order valence-corrected chi connectivity index (χ4v) is 0. The number of hydrogen-bond donors (Lipinski definition) is 4. The van der Waals surface area contributed by atoms with Crippen LogP contribution >= 0.6 is 0 Å². The molecule has 39 valence electrons. The minimum atomic E-state index is -4.61. The van der Waals surface area contributed by atoms with Crippen LogP contribution in [0, 0.1) is 0 Å². The van der Waals surface area contributed by atoms with Crippen LogP contribution in [-0.2, 0) is 20.4 Å². The van der Waals surface area contributed by atoms with Crippen molar-refractivity contribution in [3.8, 4) is 0 Å². The van der Waals surface area contributed by atoms with Gasteiger partial charge in [0.05, 0.1) is 0 Å². The van der Waals surface area contributed by atoms with E-state index in [0.29, 0.717) is 0 Å². The van der Waals surface area contributed by atoms with Crippen molar-refractivity contribution in [2.24, 2.45) is 0 Å². The Hall–Kier alpha value is 0.719. The average Bonchev–Trinajstić information content (AvgIpc) is 0.722. The van der Waals surface area contributed by atoms with E-state index in [1.807, 2.05) is 0 Å². The third kappa shape index (κ3) is 126. The molecule has 0 unspecified atom stereocenters. The van der Waals surface area contributed by atoms with Crippen LogP contribution in [0.4, 0.5) is 0 Å². The van der Waals surface area contributed by atoms with Crippen LogP contribution < -0.4 is 0 Å². The third-order valence-electron chi connectivity index (χ3n) is 0. The van der Waals surface area contributed by atoms with E-state index in [0.717, 1.165) is 0 Å². The Bertz CT molecular complexity index is 23.0. The predicted molar refractivity (Wildman–Crippen MR) is 14.6 cm³/mol. The first-order valence-electron chi connectivity index (χ1n) is 0.894. The smallest absolute Gasteiger partial charge is 0.368 e. The summed E-state index contributed by atoms with van der Waals surface area (Å²) in [5.74, 6) is 0. The second kappa shape index (κ2) is 2.82. The van der Waals surface area contributed by atoms with Crippen molar-refractivity contribution in [1.82, 2.24) is 0 Å². The maximum absolute atomic E-state index is 7.33. The van der Waals surface area contributed by atoms with E-state index in [-0.39, 0.29) is 20.4 Å². The zero-order valence-electron chi connectivity index (χ0n) is 2.67. The summed E-state index contributed by atoms with van der Waals surface area (Å²) < 4.78 is 0. The number of rotatable bonds is 0. The van der Waals surface area contributed by atoms with Crippen molar-refractivity contribution in [3.05, 3.63) is 0 Å². The summed E-state index contributed by atoms with van der Waals surface area (Å²) in [6, 6.07) is 0. The molecule has 0 atom stereocenters. The van der Waals surface area contributed by atoms with Gasteiger partial charge >= 0.3 is 9.05 Å². The van der Waals surface area contributed by atoms with Crippen molar-refractivity contribution in [1.29, 1.82) is 0 Å². The van der Waals surface area contributed by atoms with Gasteiger partial charge in [0.15, 0.2) is 0 Å². The summed E-state index contributed by atoms with van der Waals surface area (Å²) >= 11 is 0. The molecule has 4 N–H and O–H groups in total. The van der Waals surface area contributed by atoms with Crippen LogP contribution in [0.3, 0.4) is 0 Å². The van der Waals surface area contributed by atoms with E-state index in [1.54, 1.807) is 0 Å². The molecular weight excluding hydrogens is 278 g/mol. The van der Waals surface area contributed by atoms with Gasteiger partial charge in [0.1, 0.15) is 0 Å². The first-order valence-corrected chi connectivity index (χ1v) is 2.68. The molecule has 0 fully saturated rings. The molecule has 6 heteroatoms. The molecule has 0 aromatic heterocycles. The quantitative estimate of drug-likeness (QED) is 0.367. The molecule has 4 nitrogen and oxygen atoms in total. The molecule has 0 amide bonds. The Balaban J connectivity index is 0. The standard InChI is InChI=1S/H4O4Si.Re/c1-5(2,3)4;/h1-4H;. The molecule has 0 heterocycles. The molecule has 0 rings (SSSR count). The van der Waals surface area contributed by atoms with Gasteiger partial charge in [-0.2, -0.15) is 0 Å². The summed E-state index contributed by atoms with van der Waals surface area (Å²) in [5.41, 5.74) is 0. The summed E-state index contributed by atoms with van der Waals surface area (Å²) in [7, 11) is -4.61. The third-order valence-corrected chi connectivity index (χ3v) is 0. The van der Waals surface area contributed by atoms with Gasteiger partial charge in [-0.1, -0.05) is 0 Å². The monoisotopic (exact) mass is 283 g/mol. The zero-order valence-corrected chi connectivity index (χ0v) is 6.38. The van der Waals surface area contributed by atoms with Crippen molar-refractivity contribution in [2.75, 3.05) is 0 Å². The van der Waals surface area contributed by atoms with Crippen LogP contribution in [0.25, 0.3) is 0 Å². The zero-order chi connectivity index (χ0) is 4.50. The van der Waals surface area contributed by atoms with Gasteiger partial charge in [-0.05, 0) is 0 Å². The molecule has 0 aliphatic carbocycles. The summed E-state index contributed by atoms with van der Waals surface area (Å²) in [6.45, 7) is 0. The van der Waals surface area contributed by atoms with E-state index in [1.165, 1.54) is 0 Å². The maximum Gasteiger partial charge on any atom is 0.668 e. The molecule has 0 bridgehead atoms. The Labute approximate surface area is 49.2 Å². The molecule has 0 saturated carbocycles. The first kappa shape index (κ1) is 9.87. The predicted octanol–water partition coefficient (Wildman–Crippen LogP) is -2.61. The Morgan fingerprint density at radius 1 is 0.833 bits per heavy atom. The molecule has 0 spiro atoms. The van der Waals surface area contributed by atoms with Crippen molar-refractivity contribution < 1.29 is 39.6 Å². The maximum atomic E-state index is 7.33. The summed E-state index contributed by atoms with van der Waals surface area (Å²) in [4.78, 5) is 29.3. The van der Waals surface area contributed by atoms with E-state index >= 15 is 0 Å². The Morgan fingerprint density at radius 2 is 0.833 bits per heavy atom. The number of hydrogen-bond acceptors (Lipinski definition) is 4. The Kier molecular flexibility index (Phi) is 4.64. The normalized spacial score (nSPS) is 10.0. The summed E-state index contributed by atoms with van der Waals surface area (Å²) in [5, 5.41) is 0. The molecule has 0 saturated heterocycles. The van der Waals surface area contributed by atoms with Gasteiger partial charge in [-0.15, -0.1) is 0 Å². The van der Waals surface area contributed by atoms with Gasteiger partial charge in [-0.25, -0.2) is 0 Å². The second-order valence-electron chi connectivity index (χ2n) is 0.600. The van der Waals surface area contributed by atoms with Crippen LogP contribution in [0.15, 0.2) is 0 Å². The van der Waals surface area contributed by atoms with Gasteiger partial charge < -0.3 is 19.2 Å². The average molecular weight is 282 g/mol. The first-order chi connectivity index (χ1) is 2.00. The van der Waals surface area contributed by atoms with Crippen LogP contribution in [-0.4, -0.2) is 28.2 Å². The van der Waals surface area contributed by atoms with Gasteiger partial charge in [-0.3, -0.25) is 0 Å². The van der Waals surface area contributed by atoms with E-state index in [2.05, 4.69) is 0 Å². The van der Waals surface area contributed by atoms with Crippen molar-refractivity contribution >= 4 is 9.05 Å². The van der Waals surface area contributed by atoms with Crippen LogP contribution in [0.2, 0.25) is 0 Å². The molecular formula is H4O4ReSi. The van der Waals surface area contributed by atoms with E-state index < -0.39 is 9.05 Å². The van der Waals surface area contributed by atoms with Gasteiger partial charge in [0, 0.05) is 20.4 Å². The summed E-state index contributed by atoms with van der Waals surface area (Å²) in [6.07, 6.45) is 0. The SMILES string of the molecule is O[Si](O)(O)O.[Re]. The molecule has 0 aromatic rings. The fourth-order valence-electron chi connectivity index (χ4n) is 0. The molecule has 6 heavy (non-hydrogen) atoms. The van der Waals surface area contributed by atoms with Crippen LogP contribution in [0.1, 0.15) is 0 Å². The van der Waals surface area contributed by atoms with E-state index in [4.69, 9.17) is 19.2 Å². The van der Waals surface area contributed by atoms with Gasteiger partial charge in [0.2, 0.25) is 0 Å². The van der Waals surface area contributed by atoms with E-state index in [9.17, 15) is 0 Å².